The number of hydrogen-bond acceptors (Lipinski definition) is 2. The predicted molar refractivity (Wildman–Crippen MR) is 68.0 cm³/mol. The van der Waals surface area contributed by atoms with Crippen LogP contribution in [0.1, 0.15) is 13.3 Å². The van der Waals surface area contributed by atoms with Crippen molar-refractivity contribution < 1.29 is 8.78 Å². The molecule has 0 aliphatic carbocycles. The van der Waals surface area contributed by atoms with E-state index >= 15 is 0 Å². The number of rotatable bonds is 1. The smallest absolute Gasteiger partial charge is 0.150 e. The Labute approximate surface area is 108 Å². The molecule has 17 heavy (non-hydrogen) atoms. The molecule has 2 atom stereocenters. The number of nitrogens with zero attached hydrogens (tertiary/aromatic N) is 1. The van der Waals surface area contributed by atoms with E-state index in [0.717, 1.165) is 12.5 Å². The van der Waals surface area contributed by atoms with Crippen LogP contribution in [-0.2, 0) is 0 Å². The summed E-state index contributed by atoms with van der Waals surface area (Å²) in [7, 11) is 0. The van der Waals surface area contributed by atoms with E-state index in [1.807, 2.05) is 11.8 Å². The molecule has 2 nitrogen and oxygen atoms in total. The third-order valence-electron chi connectivity index (χ3n) is 3.27. The lowest BCUT2D eigenvalue weighted by Crippen LogP contribution is -2.46. The van der Waals surface area contributed by atoms with Crippen LogP contribution >= 0.6 is 15.9 Å². The minimum absolute atomic E-state index is 0.161. The zero-order valence-electron chi connectivity index (χ0n) is 9.59. The normalized spacial score (nSPS) is 25.1. The average Bonchev–Trinajstić information content (AvgIpc) is 2.21. The van der Waals surface area contributed by atoms with Crippen molar-refractivity contribution in [1.82, 2.24) is 0 Å². The van der Waals surface area contributed by atoms with Crippen LogP contribution in [0.4, 0.5) is 14.5 Å². The van der Waals surface area contributed by atoms with Gasteiger partial charge in [0.15, 0.2) is 5.82 Å². The maximum Gasteiger partial charge on any atom is 0.150 e. The van der Waals surface area contributed by atoms with Crippen LogP contribution in [0.5, 0.6) is 0 Å². The molecule has 0 saturated carbocycles. The highest BCUT2D eigenvalue weighted by Gasteiger charge is 2.26. The summed E-state index contributed by atoms with van der Waals surface area (Å²) in [6.07, 6.45) is 0.824. The van der Waals surface area contributed by atoms with Crippen molar-refractivity contribution in [2.24, 2.45) is 11.7 Å². The molecule has 1 aliphatic heterocycles. The lowest BCUT2D eigenvalue weighted by molar-refractivity contribution is 0.380. The Bertz CT molecular complexity index is 402. The van der Waals surface area contributed by atoms with Gasteiger partial charge in [0.1, 0.15) is 5.82 Å². The van der Waals surface area contributed by atoms with Crippen LogP contribution in [0.3, 0.4) is 0 Å². The lowest BCUT2D eigenvalue weighted by atomic mass is 9.94. The molecule has 2 unspecified atom stereocenters. The van der Waals surface area contributed by atoms with Crippen molar-refractivity contribution in [3.63, 3.8) is 0 Å². The monoisotopic (exact) mass is 304 g/mol. The molecule has 1 aromatic carbocycles. The first-order valence-corrected chi connectivity index (χ1v) is 6.43. The topological polar surface area (TPSA) is 29.3 Å². The van der Waals surface area contributed by atoms with E-state index in [2.05, 4.69) is 15.9 Å². The van der Waals surface area contributed by atoms with E-state index < -0.39 is 11.6 Å². The van der Waals surface area contributed by atoms with Gasteiger partial charge >= 0.3 is 0 Å². The van der Waals surface area contributed by atoms with Gasteiger partial charge in [-0.15, -0.1) is 0 Å². The molecule has 2 rings (SSSR count). The Morgan fingerprint density at radius 3 is 2.71 bits per heavy atom. The van der Waals surface area contributed by atoms with E-state index in [9.17, 15) is 8.78 Å². The fourth-order valence-electron chi connectivity index (χ4n) is 2.20. The minimum atomic E-state index is -0.570. The predicted octanol–water partition coefficient (Wildman–Crippen LogP) is 2.90. The molecule has 0 amide bonds. The van der Waals surface area contributed by atoms with Gasteiger partial charge in [0.25, 0.3) is 0 Å². The fraction of sp³-hybridized carbons (Fsp3) is 0.500. The molecule has 5 heteroatoms. The van der Waals surface area contributed by atoms with Crippen LogP contribution in [0.25, 0.3) is 0 Å². The van der Waals surface area contributed by atoms with Crippen LogP contribution in [0.2, 0.25) is 0 Å². The van der Waals surface area contributed by atoms with Gasteiger partial charge in [-0.25, -0.2) is 8.78 Å². The molecule has 0 bridgehead atoms. The summed E-state index contributed by atoms with van der Waals surface area (Å²) >= 11 is 3.22. The second-order valence-corrected chi connectivity index (χ2v) is 5.45. The third-order valence-corrected chi connectivity index (χ3v) is 3.87. The summed E-state index contributed by atoms with van der Waals surface area (Å²) < 4.78 is 27.2. The zero-order valence-corrected chi connectivity index (χ0v) is 11.2. The van der Waals surface area contributed by atoms with Gasteiger partial charge < -0.3 is 10.6 Å². The first kappa shape index (κ1) is 12.8. The first-order valence-electron chi connectivity index (χ1n) is 5.64. The van der Waals surface area contributed by atoms with Gasteiger partial charge in [0.2, 0.25) is 0 Å². The second-order valence-electron chi connectivity index (χ2n) is 4.59. The fourth-order valence-corrected chi connectivity index (χ4v) is 2.86. The quantitative estimate of drug-likeness (QED) is 0.864. The molecule has 1 aromatic rings. The molecular weight excluding hydrogens is 290 g/mol. The second kappa shape index (κ2) is 4.90. The highest BCUT2D eigenvalue weighted by Crippen LogP contribution is 2.33. The van der Waals surface area contributed by atoms with Crippen molar-refractivity contribution >= 4 is 21.6 Å². The molecular formula is C12H15BrF2N2. The van der Waals surface area contributed by atoms with Crippen molar-refractivity contribution in [1.29, 1.82) is 0 Å². The van der Waals surface area contributed by atoms with Crippen LogP contribution in [0.15, 0.2) is 16.6 Å². The Balaban J connectivity index is 2.29. The van der Waals surface area contributed by atoms with Crippen molar-refractivity contribution in [2.45, 2.75) is 19.4 Å². The Morgan fingerprint density at radius 2 is 2.12 bits per heavy atom. The van der Waals surface area contributed by atoms with Gasteiger partial charge in [-0.05, 0) is 34.3 Å². The number of nitrogens with two attached hydrogens (primary N) is 1. The molecule has 94 valence electrons. The molecule has 1 saturated heterocycles. The van der Waals surface area contributed by atoms with E-state index in [1.165, 1.54) is 6.07 Å². The first-order chi connectivity index (χ1) is 7.99. The summed E-state index contributed by atoms with van der Waals surface area (Å²) in [5.74, 6) is -0.792. The van der Waals surface area contributed by atoms with Crippen LogP contribution in [0, 0.1) is 17.6 Å². The summed E-state index contributed by atoms with van der Waals surface area (Å²) in [5.41, 5.74) is 6.36. The molecule has 1 heterocycles. The van der Waals surface area contributed by atoms with Crippen LogP contribution in [-0.4, -0.2) is 19.1 Å². The van der Waals surface area contributed by atoms with Crippen molar-refractivity contribution in [3.05, 3.63) is 28.2 Å². The standard InChI is InChI=1S/C12H15BrF2N2/c1-7-6-17(3-2-11(7)16)12-9(13)4-8(14)5-10(12)15/h4-5,7,11H,2-3,6,16H2,1H3. The van der Waals surface area contributed by atoms with E-state index in [1.54, 1.807) is 0 Å². The maximum absolute atomic E-state index is 13.8. The number of benzene rings is 1. The van der Waals surface area contributed by atoms with Crippen molar-refractivity contribution in [2.75, 3.05) is 18.0 Å². The van der Waals surface area contributed by atoms with Gasteiger partial charge in [0.05, 0.1) is 5.69 Å². The lowest BCUT2D eigenvalue weighted by Gasteiger charge is -2.37. The number of piperidine rings is 1. The third kappa shape index (κ3) is 2.60. The molecule has 0 radical (unpaired) electrons. The highest BCUT2D eigenvalue weighted by molar-refractivity contribution is 9.10. The molecule has 0 aromatic heterocycles. The van der Waals surface area contributed by atoms with Gasteiger partial charge in [-0.2, -0.15) is 0 Å². The SMILES string of the molecule is CC1CN(c2c(F)cc(F)cc2Br)CCC1N. The molecule has 1 fully saturated rings. The number of halogens is 3. The van der Waals surface area contributed by atoms with E-state index in [-0.39, 0.29) is 6.04 Å². The number of hydrogen-bond donors (Lipinski definition) is 1. The van der Waals surface area contributed by atoms with Gasteiger partial charge in [0, 0.05) is 29.7 Å². The van der Waals surface area contributed by atoms with Crippen molar-refractivity contribution in [3.8, 4) is 0 Å². The van der Waals surface area contributed by atoms with E-state index in [4.69, 9.17) is 5.73 Å². The zero-order chi connectivity index (χ0) is 12.6. The Morgan fingerprint density at radius 1 is 1.41 bits per heavy atom. The Hall–Kier alpha value is -0.680. The van der Waals surface area contributed by atoms with E-state index in [0.29, 0.717) is 29.2 Å². The van der Waals surface area contributed by atoms with Gasteiger partial charge in [-0.3, -0.25) is 0 Å². The van der Waals surface area contributed by atoms with Crippen LogP contribution < -0.4 is 10.6 Å². The molecule has 1 aliphatic rings. The molecule has 2 N–H and O–H groups in total. The summed E-state index contributed by atoms with van der Waals surface area (Å²) in [6.45, 7) is 3.45. The summed E-state index contributed by atoms with van der Waals surface area (Å²) in [4.78, 5) is 1.92. The summed E-state index contributed by atoms with van der Waals surface area (Å²) in [6, 6.07) is 2.37. The number of anilines is 1. The molecule has 0 spiro atoms. The largest absolute Gasteiger partial charge is 0.368 e. The average molecular weight is 305 g/mol. The van der Waals surface area contributed by atoms with Gasteiger partial charge in [-0.1, -0.05) is 6.92 Å². The maximum atomic E-state index is 13.8. The Kier molecular flexibility index (Phi) is 3.68. The summed E-state index contributed by atoms with van der Waals surface area (Å²) in [5, 5.41) is 0. The highest BCUT2D eigenvalue weighted by atomic mass is 79.9. The minimum Gasteiger partial charge on any atom is -0.368 e.